The first kappa shape index (κ1) is 21.1. The van der Waals surface area contributed by atoms with Crippen LogP contribution >= 0.6 is 0 Å². The summed E-state index contributed by atoms with van der Waals surface area (Å²) in [7, 11) is -3.37. The SMILES string of the molecule is CC(C)C(=O)N1CC2(CC2)[C@H](NS(C)(=O)=O)[C@@H]1Cc1cccc(-c2ccccc2)c1. The Hall–Kier alpha value is -2.18. The van der Waals surface area contributed by atoms with E-state index in [2.05, 4.69) is 35.1 Å². The van der Waals surface area contributed by atoms with Gasteiger partial charge < -0.3 is 4.90 Å². The topological polar surface area (TPSA) is 66.5 Å². The first-order chi connectivity index (χ1) is 14.2. The Morgan fingerprint density at radius 3 is 2.37 bits per heavy atom. The fourth-order valence-corrected chi connectivity index (χ4v) is 5.63. The molecule has 0 bridgehead atoms. The molecule has 2 fully saturated rings. The van der Waals surface area contributed by atoms with Crippen LogP contribution in [0, 0.1) is 11.3 Å². The van der Waals surface area contributed by atoms with Gasteiger partial charge in [-0.15, -0.1) is 0 Å². The Balaban J connectivity index is 1.67. The summed E-state index contributed by atoms with van der Waals surface area (Å²) in [6.45, 7) is 4.46. The number of carbonyl (C=O) groups is 1. The average molecular weight is 427 g/mol. The van der Waals surface area contributed by atoms with Crippen LogP contribution in [-0.4, -0.2) is 44.1 Å². The van der Waals surface area contributed by atoms with E-state index >= 15 is 0 Å². The van der Waals surface area contributed by atoms with E-state index in [9.17, 15) is 13.2 Å². The number of rotatable bonds is 6. The zero-order chi connectivity index (χ0) is 21.5. The molecule has 1 spiro atoms. The largest absolute Gasteiger partial charge is 0.337 e. The van der Waals surface area contributed by atoms with Crippen LogP contribution in [-0.2, 0) is 21.2 Å². The van der Waals surface area contributed by atoms with Gasteiger partial charge in [-0.05, 0) is 36.0 Å². The quantitative estimate of drug-likeness (QED) is 0.769. The molecule has 5 nitrogen and oxygen atoms in total. The molecule has 0 aromatic heterocycles. The monoisotopic (exact) mass is 426 g/mol. The molecule has 2 aromatic carbocycles. The Morgan fingerprint density at radius 1 is 1.10 bits per heavy atom. The maximum atomic E-state index is 13.0. The maximum absolute atomic E-state index is 13.0. The van der Waals surface area contributed by atoms with Crippen molar-refractivity contribution in [3.8, 4) is 11.1 Å². The molecule has 6 heteroatoms. The van der Waals surface area contributed by atoms with Gasteiger partial charge in [0.2, 0.25) is 15.9 Å². The maximum Gasteiger partial charge on any atom is 0.225 e. The molecule has 2 atom stereocenters. The predicted octanol–water partition coefficient (Wildman–Crippen LogP) is 3.46. The van der Waals surface area contributed by atoms with Crippen molar-refractivity contribution < 1.29 is 13.2 Å². The molecule has 2 aromatic rings. The second-order valence-corrected chi connectivity index (χ2v) is 11.0. The summed E-state index contributed by atoms with van der Waals surface area (Å²) >= 11 is 0. The van der Waals surface area contributed by atoms with Gasteiger partial charge in [0.25, 0.3) is 0 Å². The number of likely N-dealkylation sites (tertiary alicyclic amines) is 1. The molecule has 2 aliphatic rings. The fourth-order valence-electron chi connectivity index (χ4n) is 4.76. The van der Waals surface area contributed by atoms with Crippen LogP contribution in [0.2, 0.25) is 0 Å². The third-order valence-electron chi connectivity index (χ3n) is 6.42. The lowest BCUT2D eigenvalue weighted by Crippen LogP contribution is -2.50. The van der Waals surface area contributed by atoms with E-state index < -0.39 is 10.0 Å². The van der Waals surface area contributed by atoms with Crippen molar-refractivity contribution in [1.29, 1.82) is 0 Å². The molecule has 1 amide bonds. The van der Waals surface area contributed by atoms with E-state index in [-0.39, 0.29) is 29.3 Å². The number of sulfonamides is 1. The van der Waals surface area contributed by atoms with Gasteiger partial charge in [-0.25, -0.2) is 13.1 Å². The molecular formula is C24H30N2O3S. The molecule has 1 aliphatic heterocycles. The first-order valence-electron chi connectivity index (χ1n) is 10.6. The van der Waals surface area contributed by atoms with E-state index in [0.29, 0.717) is 13.0 Å². The summed E-state index contributed by atoms with van der Waals surface area (Å²) in [6.07, 6.45) is 3.77. The zero-order valence-electron chi connectivity index (χ0n) is 17.8. The second kappa shape index (κ2) is 7.82. The summed E-state index contributed by atoms with van der Waals surface area (Å²) < 4.78 is 27.2. The van der Waals surface area contributed by atoms with Crippen molar-refractivity contribution in [1.82, 2.24) is 9.62 Å². The molecule has 1 heterocycles. The number of hydrogen-bond acceptors (Lipinski definition) is 3. The van der Waals surface area contributed by atoms with Crippen LogP contribution in [0.15, 0.2) is 54.6 Å². The highest BCUT2D eigenvalue weighted by atomic mass is 32.2. The number of hydrogen-bond donors (Lipinski definition) is 1. The highest BCUT2D eigenvalue weighted by Gasteiger charge is 2.61. The molecule has 0 radical (unpaired) electrons. The first-order valence-corrected chi connectivity index (χ1v) is 12.5. The molecule has 1 saturated heterocycles. The van der Waals surface area contributed by atoms with Crippen molar-refractivity contribution >= 4 is 15.9 Å². The minimum Gasteiger partial charge on any atom is -0.337 e. The summed E-state index contributed by atoms with van der Waals surface area (Å²) in [5.74, 6) is -0.0146. The summed E-state index contributed by atoms with van der Waals surface area (Å²) in [5.41, 5.74) is 3.27. The van der Waals surface area contributed by atoms with Crippen molar-refractivity contribution in [2.45, 2.75) is 45.2 Å². The third-order valence-corrected chi connectivity index (χ3v) is 7.10. The third kappa shape index (κ3) is 4.30. The number of nitrogens with zero attached hydrogens (tertiary/aromatic N) is 1. The minimum atomic E-state index is -3.37. The predicted molar refractivity (Wildman–Crippen MR) is 119 cm³/mol. The average Bonchev–Trinajstić information content (AvgIpc) is 3.43. The number of nitrogens with one attached hydrogen (secondary N) is 1. The van der Waals surface area contributed by atoms with Crippen LogP contribution in [0.5, 0.6) is 0 Å². The van der Waals surface area contributed by atoms with Gasteiger partial charge in [0.15, 0.2) is 0 Å². The van der Waals surface area contributed by atoms with Crippen molar-refractivity contribution in [2.24, 2.45) is 11.3 Å². The normalized spacial score (nSPS) is 22.6. The lowest BCUT2D eigenvalue weighted by molar-refractivity contribution is -0.135. The van der Waals surface area contributed by atoms with Gasteiger partial charge in [-0.3, -0.25) is 4.79 Å². The van der Waals surface area contributed by atoms with Crippen molar-refractivity contribution in [3.63, 3.8) is 0 Å². The summed E-state index contributed by atoms with van der Waals surface area (Å²) in [4.78, 5) is 14.9. The Morgan fingerprint density at radius 2 is 1.77 bits per heavy atom. The number of benzene rings is 2. The van der Waals surface area contributed by atoms with Gasteiger partial charge in [0, 0.05) is 23.9 Å². The van der Waals surface area contributed by atoms with Crippen molar-refractivity contribution in [3.05, 3.63) is 60.2 Å². The Bertz CT molecular complexity index is 1030. The van der Waals surface area contributed by atoms with Gasteiger partial charge >= 0.3 is 0 Å². The minimum absolute atomic E-state index is 0.100. The lowest BCUT2D eigenvalue weighted by atomic mass is 9.91. The van der Waals surface area contributed by atoms with E-state index in [1.54, 1.807) is 0 Å². The van der Waals surface area contributed by atoms with Gasteiger partial charge in [-0.2, -0.15) is 0 Å². The van der Waals surface area contributed by atoms with Crippen LogP contribution < -0.4 is 4.72 Å². The number of amides is 1. The molecule has 1 saturated carbocycles. The summed E-state index contributed by atoms with van der Waals surface area (Å²) in [6, 6.07) is 18.1. The van der Waals surface area contributed by atoms with Crippen LogP contribution in [0.3, 0.4) is 0 Å². The molecule has 30 heavy (non-hydrogen) atoms. The smallest absolute Gasteiger partial charge is 0.225 e. The van der Waals surface area contributed by atoms with Gasteiger partial charge in [-0.1, -0.05) is 68.4 Å². The Kier molecular flexibility index (Phi) is 5.49. The van der Waals surface area contributed by atoms with Crippen molar-refractivity contribution in [2.75, 3.05) is 12.8 Å². The highest BCUT2D eigenvalue weighted by molar-refractivity contribution is 7.88. The highest BCUT2D eigenvalue weighted by Crippen LogP contribution is 2.55. The zero-order valence-corrected chi connectivity index (χ0v) is 18.7. The Labute approximate surface area is 179 Å². The summed E-state index contributed by atoms with van der Waals surface area (Å²) in [5, 5.41) is 0. The number of carbonyl (C=O) groups excluding carboxylic acids is 1. The fraction of sp³-hybridized carbons (Fsp3) is 0.458. The molecule has 4 rings (SSSR count). The van der Waals surface area contributed by atoms with E-state index in [4.69, 9.17) is 0 Å². The molecule has 1 aliphatic carbocycles. The van der Waals surface area contributed by atoms with E-state index in [1.165, 1.54) is 6.26 Å². The lowest BCUT2D eigenvalue weighted by Gasteiger charge is -2.30. The molecule has 1 N–H and O–H groups in total. The van der Waals surface area contributed by atoms with Gasteiger partial charge in [0.1, 0.15) is 0 Å². The second-order valence-electron chi connectivity index (χ2n) is 9.19. The van der Waals surface area contributed by atoms with Crippen LogP contribution in [0.1, 0.15) is 32.3 Å². The van der Waals surface area contributed by atoms with Gasteiger partial charge in [0.05, 0.1) is 12.3 Å². The van der Waals surface area contributed by atoms with E-state index in [1.807, 2.05) is 43.0 Å². The van der Waals surface area contributed by atoms with E-state index in [0.717, 1.165) is 29.5 Å². The standard InChI is InChI=1S/C24H30N2O3S/c1-17(2)23(27)26-16-24(12-13-24)22(25-30(3,28)29)21(26)15-18-8-7-11-20(14-18)19-9-5-4-6-10-19/h4-11,14,17,21-22,25H,12-13,15-16H2,1-3H3/t21-,22+/m0/s1. The molecular weight excluding hydrogens is 396 g/mol. The molecule has 0 unspecified atom stereocenters. The van der Waals surface area contributed by atoms with Crippen LogP contribution in [0.25, 0.3) is 11.1 Å². The molecule has 160 valence electrons. The van der Waals surface area contributed by atoms with Crippen LogP contribution in [0.4, 0.5) is 0 Å².